The van der Waals surface area contributed by atoms with Gasteiger partial charge in [-0.05, 0) is 49.3 Å². The number of hydrogen-bond acceptors (Lipinski definition) is 5. The number of hydrogen-bond donors (Lipinski definition) is 1. The van der Waals surface area contributed by atoms with E-state index in [-0.39, 0.29) is 11.1 Å². The predicted octanol–water partition coefficient (Wildman–Crippen LogP) is 7.81. The van der Waals surface area contributed by atoms with E-state index < -0.39 is 17.6 Å². The zero-order chi connectivity index (χ0) is 24.7. The Morgan fingerprint density at radius 2 is 1.65 bits per heavy atom. The molecule has 0 bridgehead atoms. The topological polar surface area (TPSA) is 64.3 Å². The molecule has 0 spiro atoms. The second-order valence-electron chi connectivity index (χ2n) is 7.83. The van der Waals surface area contributed by atoms with Crippen LogP contribution in [0.1, 0.15) is 54.8 Å². The van der Waals surface area contributed by atoms with Gasteiger partial charge in [-0.3, -0.25) is 0 Å². The van der Waals surface area contributed by atoms with Gasteiger partial charge in [0.15, 0.2) is 11.6 Å². The van der Waals surface area contributed by atoms with Gasteiger partial charge < -0.3 is 10.0 Å². The molecule has 2 aromatic heterocycles. The van der Waals surface area contributed by atoms with E-state index in [0.29, 0.717) is 23.7 Å². The first-order chi connectivity index (χ1) is 16.4. The Hall–Kier alpha value is -3.02. The number of unbranched alkanes of at least 4 members (excludes halogenated alkanes) is 2. The molecule has 4 nitrogen and oxygen atoms in total. The lowest BCUT2D eigenvalue weighted by Crippen LogP contribution is -2.27. The van der Waals surface area contributed by atoms with Crippen molar-refractivity contribution in [3.05, 3.63) is 56.8 Å². The Balaban J connectivity index is 1.81. The number of carboxylic acids is 1. The SMILES string of the molecule is CCCCN(CCCC)c1ccc(/C=C/c2cc3sc(/C=C(\C#N)C(=O)O)cc3s2)c(F)c1F. The van der Waals surface area contributed by atoms with E-state index in [4.69, 9.17) is 10.4 Å². The molecule has 8 heteroatoms. The molecule has 178 valence electrons. The van der Waals surface area contributed by atoms with Crippen molar-refractivity contribution in [3.8, 4) is 6.07 Å². The van der Waals surface area contributed by atoms with Gasteiger partial charge in [0, 0.05) is 37.8 Å². The second-order valence-corrected chi connectivity index (χ2v) is 10.1. The van der Waals surface area contributed by atoms with E-state index in [1.165, 1.54) is 28.7 Å². The van der Waals surface area contributed by atoms with Crippen molar-refractivity contribution in [2.24, 2.45) is 0 Å². The monoisotopic (exact) mass is 500 g/mol. The Bertz CT molecular complexity index is 1230. The Morgan fingerprint density at radius 3 is 2.24 bits per heavy atom. The van der Waals surface area contributed by atoms with Gasteiger partial charge in [0.05, 0.1) is 5.69 Å². The average Bonchev–Trinajstić information content (AvgIpc) is 3.37. The van der Waals surface area contributed by atoms with Gasteiger partial charge in [-0.1, -0.05) is 32.8 Å². The van der Waals surface area contributed by atoms with Crippen LogP contribution in [0.3, 0.4) is 0 Å². The van der Waals surface area contributed by atoms with Crippen LogP contribution in [0.25, 0.3) is 27.6 Å². The summed E-state index contributed by atoms with van der Waals surface area (Å²) in [6, 6.07) is 8.67. The normalized spacial score (nSPS) is 11.9. The summed E-state index contributed by atoms with van der Waals surface area (Å²) in [4.78, 5) is 14.5. The minimum atomic E-state index is -1.26. The number of benzene rings is 1. The molecule has 0 aliphatic heterocycles. The Morgan fingerprint density at radius 1 is 1.03 bits per heavy atom. The molecule has 0 saturated heterocycles. The van der Waals surface area contributed by atoms with Crippen LogP contribution >= 0.6 is 22.7 Å². The number of rotatable bonds is 11. The van der Waals surface area contributed by atoms with Crippen LogP contribution in [0.15, 0.2) is 29.8 Å². The number of carboxylic acid groups (broad SMARTS) is 1. The van der Waals surface area contributed by atoms with Crippen molar-refractivity contribution in [1.82, 2.24) is 0 Å². The summed E-state index contributed by atoms with van der Waals surface area (Å²) in [6.45, 7) is 5.56. The maximum Gasteiger partial charge on any atom is 0.346 e. The first kappa shape index (κ1) is 25.6. The molecule has 0 unspecified atom stereocenters. The summed E-state index contributed by atoms with van der Waals surface area (Å²) in [7, 11) is 0. The van der Waals surface area contributed by atoms with Crippen LogP contribution in [0.4, 0.5) is 14.5 Å². The summed E-state index contributed by atoms with van der Waals surface area (Å²) < 4.78 is 31.7. The molecule has 0 amide bonds. The lowest BCUT2D eigenvalue weighted by Gasteiger charge is -2.25. The minimum absolute atomic E-state index is 0.188. The molecule has 34 heavy (non-hydrogen) atoms. The lowest BCUT2D eigenvalue weighted by atomic mass is 10.1. The fraction of sp³-hybridized carbons (Fsp3) is 0.308. The summed E-state index contributed by atoms with van der Waals surface area (Å²) in [5, 5.41) is 17.9. The number of fused-ring (bicyclic) bond motifs is 1. The van der Waals surface area contributed by atoms with Gasteiger partial charge in [0.2, 0.25) is 0 Å². The fourth-order valence-electron chi connectivity index (χ4n) is 3.46. The average molecular weight is 501 g/mol. The third-order valence-corrected chi connectivity index (χ3v) is 7.51. The van der Waals surface area contributed by atoms with Crippen LogP contribution in [0.5, 0.6) is 0 Å². The standard InChI is InChI=1S/C26H26F2N2O2S2/c1-3-5-11-30(12-6-4-2)21-10-8-17(24(27)25(21)28)7-9-19-14-22-23(33-19)15-20(34-22)13-18(16-29)26(31)32/h7-10,13-15H,3-6,11-12H2,1-2H3,(H,31,32)/b9-7+,18-13+. The second kappa shape index (κ2) is 11.9. The molecule has 1 aromatic carbocycles. The van der Waals surface area contributed by atoms with E-state index in [1.54, 1.807) is 30.4 Å². The molecule has 3 rings (SSSR count). The molecule has 0 aliphatic rings. The molecular weight excluding hydrogens is 474 g/mol. The molecule has 0 fully saturated rings. The minimum Gasteiger partial charge on any atom is -0.477 e. The number of anilines is 1. The Kier molecular flexibility index (Phi) is 8.97. The molecular formula is C26H26F2N2O2S2. The zero-order valence-corrected chi connectivity index (χ0v) is 20.7. The highest BCUT2D eigenvalue weighted by atomic mass is 32.1. The van der Waals surface area contributed by atoms with Gasteiger partial charge in [-0.15, -0.1) is 22.7 Å². The van der Waals surface area contributed by atoms with Gasteiger partial charge in [0.1, 0.15) is 11.6 Å². The van der Waals surface area contributed by atoms with Crippen molar-refractivity contribution < 1.29 is 18.7 Å². The first-order valence-corrected chi connectivity index (χ1v) is 12.8. The summed E-state index contributed by atoms with van der Waals surface area (Å²) in [5.41, 5.74) is 0.178. The highest BCUT2D eigenvalue weighted by Crippen LogP contribution is 2.35. The first-order valence-electron chi connectivity index (χ1n) is 11.2. The largest absolute Gasteiger partial charge is 0.477 e. The van der Waals surface area contributed by atoms with Crippen molar-refractivity contribution in [3.63, 3.8) is 0 Å². The highest BCUT2D eigenvalue weighted by Gasteiger charge is 2.17. The molecule has 0 aliphatic carbocycles. The smallest absolute Gasteiger partial charge is 0.346 e. The fourth-order valence-corrected chi connectivity index (χ4v) is 5.72. The molecule has 0 saturated carbocycles. The van der Waals surface area contributed by atoms with E-state index in [2.05, 4.69) is 13.8 Å². The van der Waals surface area contributed by atoms with E-state index >= 15 is 0 Å². The number of nitrogens with zero attached hydrogens (tertiary/aromatic N) is 2. The van der Waals surface area contributed by atoms with Crippen LogP contribution in [-0.4, -0.2) is 24.2 Å². The number of aliphatic carboxylic acids is 1. The molecule has 0 radical (unpaired) electrons. The van der Waals surface area contributed by atoms with Gasteiger partial charge in [0.25, 0.3) is 0 Å². The number of thiophene rings is 2. The quantitative estimate of drug-likeness (QED) is 0.215. The molecule has 1 N–H and O–H groups in total. The third kappa shape index (κ3) is 6.10. The van der Waals surface area contributed by atoms with Gasteiger partial charge in [-0.2, -0.15) is 5.26 Å². The third-order valence-electron chi connectivity index (χ3n) is 5.31. The maximum absolute atomic E-state index is 14.9. The van der Waals surface area contributed by atoms with Gasteiger partial charge >= 0.3 is 5.97 Å². The molecule has 2 heterocycles. The van der Waals surface area contributed by atoms with E-state index in [1.807, 2.05) is 17.0 Å². The van der Waals surface area contributed by atoms with Crippen molar-refractivity contribution in [2.75, 3.05) is 18.0 Å². The number of nitriles is 1. The van der Waals surface area contributed by atoms with Crippen LogP contribution in [0, 0.1) is 23.0 Å². The highest BCUT2D eigenvalue weighted by molar-refractivity contribution is 7.28. The lowest BCUT2D eigenvalue weighted by molar-refractivity contribution is -0.132. The van der Waals surface area contributed by atoms with E-state index in [0.717, 1.165) is 40.0 Å². The van der Waals surface area contributed by atoms with Gasteiger partial charge in [-0.25, -0.2) is 13.6 Å². The van der Waals surface area contributed by atoms with Crippen LogP contribution < -0.4 is 4.90 Å². The number of halogens is 2. The molecule has 0 atom stereocenters. The summed E-state index contributed by atoms with van der Waals surface area (Å²) in [5.74, 6) is -2.93. The van der Waals surface area contributed by atoms with Crippen molar-refractivity contribution >= 4 is 62.0 Å². The molecule has 3 aromatic rings. The van der Waals surface area contributed by atoms with Crippen LogP contribution in [0.2, 0.25) is 0 Å². The Labute approximate surface area is 206 Å². The summed E-state index contributed by atoms with van der Waals surface area (Å²) in [6.07, 6.45) is 8.49. The van der Waals surface area contributed by atoms with Crippen LogP contribution in [-0.2, 0) is 4.79 Å². The predicted molar refractivity (Wildman–Crippen MR) is 138 cm³/mol. The summed E-state index contributed by atoms with van der Waals surface area (Å²) >= 11 is 2.83. The van der Waals surface area contributed by atoms with E-state index in [9.17, 15) is 13.6 Å². The maximum atomic E-state index is 14.9. The van der Waals surface area contributed by atoms with Crippen molar-refractivity contribution in [2.45, 2.75) is 39.5 Å². The number of carbonyl (C=O) groups is 1. The van der Waals surface area contributed by atoms with Crippen molar-refractivity contribution in [1.29, 1.82) is 5.26 Å². The zero-order valence-electron chi connectivity index (χ0n) is 19.1.